The Morgan fingerprint density at radius 3 is 2.80 bits per heavy atom. The van der Waals surface area contributed by atoms with E-state index in [0.29, 0.717) is 17.8 Å². The minimum Gasteiger partial charge on any atom is -0.465 e. The van der Waals surface area contributed by atoms with Crippen LogP contribution in [0.5, 0.6) is 0 Å². The number of aromatic nitrogens is 4. The second-order valence-electron chi connectivity index (χ2n) is 5.63. The summed E-state index contributed by atoms with van der Waals surface area (Å²) in [6.07, 6.45) is 4.31. The molecule has 1 amide bonds. The molecule has 0 saturated carbocycles. The van der Waals surface area contributed by atoms with Crippen molar-refractivity contribution < 1.29 is 9.90 Å². The van der Waals surface area contributed by atoms with E-state index in [-0.39, 0.29) is 5.43 Å². The number of anilines is 1. The Balaban J connectivity index is 1.92. The van der Waals surface area contributed by atoms with Crippen molar-refractivity contribution in [3.8, 4) is 5.69 Å². The smallest absolute Gasteiger partial charge is 0.411 e. The number of hydrogen-bond donors (Lipinski definition) is 1. The molecule has 0 aliphatic heterocycles. The maximum atomic E-state index is 12.1. The lowest BCUT2D eigenvalue weighted by Gasteiger charge is -2.14. The molecule has 0 aliphatic carbocycles. The monoisotopic (exact) mass is 339 g/mol. The summed E-state index contributed by atoms with van der Waals surface area (Å²) in [5, 5.41) is 17.6. The highest BCUT2D eigenvalue weighted by atomic mass is 16.4. The zero-order chi connectivity index (χ0) is 18.0. The van der Waals surface area contributed by atoms with Crippen LogP contribution in [0.2, 0.25) is 0 Å². The number of carboxylic acid groups (broad SMARTS) is 1. The van der Waals surface area contributed by atoms with Gasteiger partial charge in [-0.1, -0.05) is 12.1 Å². The third-order valence-corrected chi connectivity index (χ3v) is 3.79. The largest absolute Gasteiger partial charge is 0.465 e. The van der Waals surface area contributed by atoms with Gasteiger partial charge >= 0.3 is 6.09 Å². The summed E-state index contributed by atoms with van der Waals surface area (Å²) in [5.41, 5.74) is 2.30. The van der Waals surface area contributed by atoms with Crippen LogP contribution in [-0.4, -0.2) is 37.8 Å². The maximum Gasteiger partial charge on any atom is 0.411 e. The van der Waals surface area contributed by atoms with Gasteiger partial charge < -0.3 is 5.11 Å². The molecular formula is C17H17N5O3. The van der Waals surface area contributed by atoms with E-state index in [1.807, 2.05) is 6.07 Å². The Kier molecular flexibility index (Phi) is 4.34. The minimum absolute atomic E-state index is 0.169. The van der Waals surface area contributed by atoms with Gasteiger partial charge in [-0.2, -0.15) is 10.2 Å². The Morgan fingerprint density at radius 2 is 2.12 bits per heavy atom. The molecule has 0 saturated heterocycles. The predicted molar refractivity (Wildman–Crippen MR) is 92.3 cm³/mol. The molecule has 2 heterocycles. The standard InChI is InChI=1S/C17H17N5O3/c1-20-11-14(10-18-20)22-7-6-16(23)15(19-22)9-12-4-3-5-13(8-12)21(2)17(24)25/h3-8,10-11H,9H2,1-2H3,(H,24,25). The average molecular weight is 339 g/mol. The molecule has 0 bridgehead atoms. The zero-order valence-corrected chi connectivity index (χ0v) is 13.8. The van der Waals surface area contributed by atoms with Crippen LogP contribution in [-0.2, 0) is 13.5 Å². The zero-order valence-electron chi connectivity index (χ0n) is 13.8. The lowest BCUT2D eigenvalue weighted by Crippen LogP contribution is -2.23. The van der Waals surface area contributed by atoms with Gasteiger partial charge in [0.2, 0.25) is 5.43 Å². The third-order valence-electron chi connectivity index (χ3n) is 3.79. The molecule has 1 N–H and O–H groups in total. The molecule has 0 radical (unpaired) electrons. The summed E-state index contributed by atoms with van der Waals surface area (Å²) in [4.78, 5) is 24.3. The van der Waals surface area contributed by atoms with Crippen LogP contribution >= 0.6 is 0 Å². The van der Waals surface area contributed by atoms with Crippen LogP contribution in [0, 0.1) is 0 Å². The van der Waals surface area contributed by atoms with E-state index in [2.05, 4.69) is 10.2 Å². The number of amides is 1. The first-order valence-corrected chi connectivity index (χ1v) is 7.57. The Labute approximate surface area is 143 Å². The molecule has 0 fully saturated rings. The van der Waals surface area contributed by atoms with Gasteiger partial charge in [-0.3, -0.25) is 14.4 Å². The molecule has 8 nitrogen and oxygen atoms in total. The van der Waals surface area contributed by atoms with Crippen LogP contribution in [0.4, 0.5) is 10.5 Å². The predicted octanol–water partition coefficient (Wildman–Crippen LogP) is 1.67. The second kappa shape index (κ2) is 6.60. The number of carbonyl (C=O) groups is 1. The van der Waals surface area contributed by atoms with Gasteiger partial charge in [0.25, 0.3) is 0 Å². The number of nitrogens with zero attached hydrogens (tertiary/aromatic N) is 5. The van der Waals surface area contributed by atoms with E-state index in [0.717, 1.165) is 16.2 Å². The molecular weight excluding hydrogens is 322 g/mol. The Bertz CT molecular complexity index is 976. The maximum absolute atomic E-state index is 12.1. The summed E-state index contributed by atoms with van der Waals surface area (Å²) in [6, 6.07) is 8.48. The van der Waals surface area contributed by atoms with E-state index in [1.54, 1.807) is 53.2 Å². The van der Waals surface area contributed by atoms with Crippen molar-refractivity contribution in [1.29, 1.82) is 0 Å². The van der Waals surface area contributed by atoms with Crippen molar-refractivity contribution in [3.63, 3.8) is 0 Å². The summed E-state index contributed by atoms with van der Waals surface area (Å²) in [6.45, 7) is 0. The molecule has 3 rings (SSSR count). The summed E-state index contributed by atoms with van der Waals surface area (Å²) >= 11 is 0. The van der Waals surface area contributed by atoms with Gasteiger partial charge in [0.05, 0.1) is 12.4 Å². The normalized spacial score (nSPS) is 10.6. The van der Waals surface area contributed by atoms with Crippen molar-refractivity contribution in [2.75, 3.05) is 11.9 Å². The van der Waals surface area contributed by atoms with E-state index >= 15 is 0 Å². The number of rotatable bonds is 4. The highest BCUT2D eigenvalue weighted by Crippen LogP contribution is 2.16. The molecule has 0 unspecified atom stereocenters. The van der Waals surface area contributed by atoms with E-state index in [9.17, 15) is 9.59 Å². The fourth-order valence-electron chi connectivity index (χ4n) is 2.42. The van der Waals surface area contributed by atoms with Gasteiger partial charge in [-0.05, 0) is 17.7 Å². The molecule has 128 valence electrons. The highest BCUT2D eigenvalue weighted by Gasteiger charge is 2.11. The molecule has 3 aromatic rings. The van der Waals surface area contributed by atoms with E-state index < -0.39 is 6.09 Å². The van der Waals surface area contributed by atoms with Gasteiger partial charge in [-0.15, -0.1) is 0 Å². The van der Waals surface area contributed by atoms with Gasteiger partial charge in [0.15, 0.2) is 0 Å². The summed E-state index contributed by atoms with van der Waals surface area (Å²) in [5.74, 6) is 0. The first-order chi connectivity index (χ1) is 11.9. The molecule has 2 aromatic heterocycles. The lowest BCUT2D eigenvalue weighted by atomic mass is 10.1. The molecule has 1 aromatic carbocycles. The van der Waals surface area contributed by atoms with Crippen molar-refractivity contribution in [2.24, 2.45) is 7.05 Å². The fourth-order valence-corrected chi connectivity index (χ4v) is 2.42. The van der Waals surface area contributed by atoms with Gasteiger partial charge in [0.1, 0.15) is 11.4 Å². The molecule has 0 atom stereocenters. The highest BCUT2D eigenvalue weighted by molar-refractivity contribution is 5.85. The third kappa shape index (κ3) is 3.57. The first kappa shape index (κ1) is 16.4. The average Bonchev–Trinajstić information content (AvgIpc) is 3.03. The quantitative estimate of drug-likeness (QED) is 0.780. The lowest BCUT2D eigenvalue weighted by molar-refractivity contribution is 0.203. The summed E-state index contributed by atoms with van der Waals surface area (Å²) < 4.78 is 3.25. The first-order valence-electron chi connectivity index (χ1n) is 7.57. The topological polar surface area (TPSA) is 93.2 Å². The van der Waals surface area contributed by atoms with Crippen molar-refractivity contribution in [2.45, 2.75) is 6.42 Å². The Hall–Kier alpha value is -3.42. The minimum atomic E-state index is -1.05. The van der Waals surface area contributed by atoms with Crippen LogP contribution in [0.15, 0.2) is 53.7 Å². The molecule has 0 spiro atoms. The number of aryl methyl sites for hydroxylation is 1. The van der Waals surface area contributed by atoms with Crippen molar-refractivity contribution in [1.82, 2.24) is 19.6 Å². The van der Waals surface area contributed by atoms with E-state index in [1.165, 1.54) is 13.1 Å². The van der Waals surface area contributed by atoms with Gasteiger partial charge in [0, 0.05) is 38.5 Å². The molecule has 0 aliphatic rings. The second-order valence-corrected chi connectivity index (χ2v) is 5.63. The SMILES string of the molecule is CN(C(=O)O)c1cccc(Cc2nn(-c3cnn(C)c3)ccc2=O)c1. The number of hydrogen-bond acceptors (Lipinski definition) is 4. The van der Waals surface area contributed by atoms with Crippen LogP contribution in [0.1, 0.15) is 11.3 Å². The molecule has 25 heavy (non-hydrogen) atoms. The fraction of sp³-hybridized carbons (Fsp3) is 0.176. The van der Waals surface area contributed by atoms with E-state index in [4.69, 9.17) is 5.11 Å². The van der Waals surface area contributed by atoms with Gasteiger partial charge in [-0.25, -0.2) is 9.48 Å². The Morgan fingerprint density at radius 1 is 1.32 bits per heavy atom. The van der Waals surface area contributed by atoms with Crippen LogP contribution in [0.25, 0.3) is 5.69 Å². The molecule has 8 heteroatoms. The van der Waals surface area contributed by atoms with Crippen molar-refractivity contribution in [3.05, 3.63) is 70.4 Å². The summed E-state index contributed by atoms with van der Waals surface area (Å²) in [7, 11) is 3.27. The van der Waals surface area contributed by atoms with Crippen molar-refractivity contribution >= 4 is 11.8 Å². The number of benzene rings is 1. The van der Waals surface area contributed by atoms with Crippen LogP contribution in [0.3, 0.4) is 0 Å². The van der Waals surface area contributed by atoms with Crippen LogP contribution < -0.4 is 10.3 Å².